The first-order valence-electron chi connectivity index (χ1n) is 6.68. The Hall–Kier alpha value is -1.10. The largest absolute Gasteiger partial charge is 0.388 e. The second-order valence-corrected chi connectivity index (χ2v) is 5.34. The number of amides is 3. The van der Waals surface area contributed by atoms with Crippen molar-refractivity contribution in [3.63, 3.8) is 0 Å². The van der Waals surface area contributed by atoms with Crippen molar-refractivity contribution in [3.05, 3.63) is 0 Å². The molecule has 0 aromatic heterocycles. The van der Waals surface area contributed by atoms with E-state index in [4.69, 9.17) is 0 Å². The quantitative estimate of drug-likeness (QED) is 0.710. The standard InChI is InChI=1S/C13H24N2O3/c1-5-8-12(4)10(16)15(11(17)14-12)9-13(18,6-2)7-3/h18H,5-9H2,1-4H3,(H,14,17). The Labute approximate surface area is 109 Å². The zero-order valence-corrected chi connectivity index (χ0v) is 11.7. The minimum absolute atomic E-state index is 0.0734. The first-order valence-corrected chi connectivity index (χ1v) is 6.68. The van der Waals surface area contributed by atoms with Crippen molar-refractivity contribution < 1.29 is 14.7 Å². The van der Waals surface area contributed by atoms with Crippen LogP contribution in [0, 0.1) is 0 Å². The molecule has 1 fully saturated rings. The van der Waals surface area contributed by atoms with Crippen LogP contribution in [0.1, 0.15) is 53.4 Å². The third kappa shape index (κ3) is 2.66. The Kier molecular flexibility index (Phi) is 4.37. The zero-order valence-electron chi connectivity index (χ0n) is 11.7. The fourth-order valence-electron chi connectivity index (χ4n) is 2.33. The normalized spacial score (nSPS) is 24.6. The summed E-state index contributed by atoms with van der Waals surface area (Å²) in [6.07, 6.45) is 2.48. The summed E-state index contributed by atoms with van der Waals surface area (Å²) in [6.45, 7) is 7.50. The Balaban J connectivity index is 2.86. The number of hydrogen-bond donors (Lipinski definition) is 2. The number of urea groups is 1. The summed E-state index contributed by atoms with van der Waals surface area (Å²) in [4.78, 5) is 25.3. The van der Waals surface area contributed by atoms with Crippen LogP contribution < -0.4 is 5.32 Å². The van der Waals surface area contributed by atoms with E-state index in [9.17, 15) is 14.7 Å². The lowest BCUT2D eigenvalue weighted by molar-refractivity contribution is -0.133. The van der Waals surface area contributed by atoms with Gasteiger partial charge in [-0.05, 0) is 26.2 Å². The third-order valence-electron chi connectivity index (χ3n) is 3.86. The number of nitrogens with one attached hydrogen (secondary N) is 1. The van der Waals surface area contributed by atoms with Gasteiger partial charge in [-0.25, -0.2) is 4.79 Å². The van der Waals surface area contributed by atoms with Crippen LogP contribution in [0.5, 0.6) is 0 Å². The molecule has 1 aliphatic rings. The van der Waals surface area contributed by atoms with Gasteiger partial charge < -0.3 is 10.4 Å². The molecule has 1 aliphatic heterocycles. The molecule has 0 spiro atoms. The fraction of sp³-hybridized carbons (Fsp3) is 0.846. The molecule has 2 N–H and O–H groups in total. The summed E-state index contributed by atoms with van der Waals surface area (Å²) >= 11 is 0. The Morgan fingerprint density at radius 1 is 1.28 bits per heavy atom. The second kappa shape index (κ2) is 5.26. The van der Waals surface area contributed by atoms with Crippen LogP contribution >= 0.6 is 0 Å². The molecule has 0 aromatic carbocycles. The zero-order chi connectivity index (χ0) is 14.0. The average molecular weight is 256 g/mol. The maximum atomic E-state index is 12.3. The number of imide groups is 1. The van der Waals surface area contributed by atoms with Crippen LogP contribution in [0.25, 0.3) is 0 Å². The van der Waals surface area contributed by atoms with E-state index >= 15 is 0 Å². The molecule has 0 bridgehead atoms. The van der Waals surface area contributed by atoms with E-state index in [-0.39, 0.29) is 12.5 Å². The maximum absolute atomic E-state index is 12.3. The van der Waals surface area contributed by atoms with Crippen molar-refractivity contribution in [2.24, 2.45) is 0 Å². The van der Waals surface area contributed by atoms with Crippen molar-refractivity contribution in [1.29, 1.82) is 0 Å². The van der Waals surface area contributed by atoms with E-state index in [2.05, 4.69) is 5.32 Å². The van der Waals surface area contributed by atoms with Gasteiger partial charge in [-0.15, -0.1) is 0 Å². The van der Waals surface area contributed by atoms with Crippen LogP contribution in [-0.4, -0.2) is 39.6 Å². The highest BCUT2D eigenvalue weighted by molar-refractivity contribution is 6.06. The third-order valence-corrected chi connectivity index (χ3v) is 3.86. The Morgan fingerprint density at radius 3 is 2.28 bits per heavy atom. The Morgan fingerprint density at radius 2 is 1.83 bits per heavy atom. The number of nitrogens with zero attached hydrogens (tertiary/aromatic N) is 1. The molecule has 0 aliphatic carbocycles. The maximum Gasteiger partial charge on any atom is 0.325 e. The van der Waals surface area contributed by atoms with E-state index in [0.29, 0.717) is 19.3 Å². The van der Waals surface area contributed by atoms with Gasteiger partial charge >= 0.3 is 6.03 Å². The van der Waals surface area contributed by atoms with E-state index < -0.39 is 17.2 Å². The van der Waals surface area contributed by atoms with Crippen LogP contribution in [-0.2, 0) is 4.79 Å². The van der Waals surface area contributed by atoms with Gasteiger partial charge in [0.05, 0.1) is 12.1 Å². The lowest BCUT2D eigenvalue weighted by Gasteiger charge is -2.29. The average Bonchev–Trinajstić information content (AvgIpc) is 2.53. The van der Waals surface area contributed by atoms with E-state index in [0.717, 1.165) is 11.3 Å². The van der Waals surface area contributed by atoms with Gasteiger partial charge in [-0.2, -0.15) is 0 Å². The summed E-state index contributed by atoms with van der Waals surface area (Å²) in [5.74, 6) is -0.227. The first-order chi connectivity index (χ1) is 8.32. The SMILES string of the molecule is CCCC1(C)NC(=O)N(CC(O)(CC)CC)C1=O. The van der Waals surface area contributed by atoms with Gasteiger partial charge in [-0.1, -0.05) is 27.2 Å². The highest BCUT2D eigenvalue weighted by atomic mass is 16.3. The van der Waals surface area contributed by atoms with Gasteiger partial charge in [-0.3, -0.25) is 9.69 Å². The highest BCUT2D eigenvalue weighted by Crippen LogP contribution is 2.26. The molecule has 104 valence electrons. The summed E-state index contributed by atoms with van der Waals surface area (Å²) in [7, 11) is 0. The first kappa shape index (κ1) is 15.0. The van der Waals surface area contributed by atoms with Crippen LogP contribution in [0.4, 0.5) is 4.79 Å². The van der Waals surface area contributed by atoms with Gasteiger partial charge in [0, 0.05) is 0 Å². The molecule has 0 radical (unpaired) electrons. The molecular weight excluding hydrogens is 232 g/mol. The Bertz CT molecular complexity index is 339. The van der Waals surface area contributed by atoms with Gasteiger partial charge in [0.2, 0.25) is 0 Å². The predicted molar refractivity (Wildman–Crippen MR) is 69.1 cm³/mol. The minimum Gasteiger partial charge on any atom is -0.388 e. The molecule has 1 saturated heterocycles. The molecule has 0 aromatic rings. The van der Waals surface area contributed by atoms with E-state index in [1.807, 2.05) is 20.8 Å². The smallest absolute Gasteiger partial charge is 0.325 e. The number of hydrogen-bond acceptors (Lipinski definition) is 3. The van der Waals surface area contributed by atoms with Crippen LogP contribution in [0.2, 0.25) is 0 Å². The molecule has 1 unspecified atom stereocenters. The number of carbonyl (C=O) groups is 2. The van der Waals surface area contributed by atoms with Crippen molar-refractivity contribution in [2.45, 2.75) is 64.5 Å². The minimum atomic E-state index is -0.982. The molecule has 5 heteroatoms. The number of aliphatic hydroxyl groups is 1. The van der Waals surface area contributed by atoms with Gasteiger partial charge in [0.25, 0.3) is 5.91 Å². The van der Waals surface area contributed by atoms with E-state index in [1.54, 1.807) is 6.92 Å². The second-order valence-electron chi connectivity index (χ2n) is 5.34. The van der Waals surface area contributed by atoms with Crippen molar-refractivity contribution in [3.8, 4) is 0 Å². The molecule has 1 heterocycles. The molecule has 1 atom stereocenters. The lowest BCUT2D eigenvalue weighted by atomic mass is 9.94. The molecule has 5 nitrogen and oxygen atoms in total. The number of rotatable bonds is 6. The number of β-amino-alcohol motifs (C(OH)–C–C–N with tert-alkyl or cyclic N) is 1. The topological polar surface area (TPSA) is 69.6 Å². The van der Waals surface area contributed by atoms with Crippen molar-refractivity contribution in [1.82, 2.24) is 10.2 Å². The van der Waals surface area contributed by atoms with E-state index in [1.165, 1.54) is 0 Å². The van der Waals surface area contributed by atoms with Crippen LogP contribution in [0.15, 0.2) is 0 Å². The summed E-state index contributed by atoms with van der Waals surface area (Å²) < 4.78 is 0. The predicted octanol–water partition coefficient (Wildman–Crippen LogP) is 1.65. The summed E-state index contributed by atoms with van der Waals surface area (Å²) in [5, 5.41) is 13.0. The van der Waals surface area contributed by atoms with Gasteiger partial charge in [0.1, 0.15) is 5.54 Å². The lowest BCUT2D eigenvalue weighted by Crippen LogP contribution is -2.47. The molecule has 0 saturated carbocycles. The molecule has 18 heavy (non-hydrogen) atoms. The van der Waals surface area contributed by atoms with Gasteiger partial charge in [0.15, 0.2) is 0 Å². The summed E-state index contributed by atoms with van der Waals surface area (Å²) in [5.41, 5.74) is -1.79. The molecule has 3 amide bonds. The van der Waals surface area contributed by atoms with Crippen LogP contribution in [0.3, 0.4) is 0 Å². The fourth-order valence-corrected chi connectivity index (χ4v) is 2.33. The number of carbonyl (C=O) groups excluding carboxylic acids is 2. The van der Waals surface area contributed by atoms with Crippen molar-refractivity contribution in [2.75, 3.05) is 6.54 Å². The highest BCUT2D eigenvalue weighted by Gasteiger charge is 2.48. The summed E-state index contributed by atoms with van der Waals surface area (Å²) in [6, 6.07) is -0.392. The molecule has 1 rings (SSSR count). The van der Waals surface area contributed by atoms with Crippen molar-refractivity contribution >= 4 is 11.9 Å². The molecular formula is C13H24N2O3. The monoisotopic (exact) mass is 256 g/mol.